The third-order valence-electron chi connectivity index (χ3n) is 5.57. The van der Waals surface area contributed by atoms with Gasteiger partial charge in [-0.1, -0.05) is 12.8 Å². The van der Waals surface area contributed by atoms with Crippen LogP contribution in [0.15, 0.2) is 0 Å². The number of likely N-dealkylation sites (tertiary alicyclic amines) is 2. The number of carboxylic acids is 1. The molecule has 5 heteroatoms. The maximum atomic E-state index is 12.7. The van der Waals surface area contributed by atoms with Gasteiger partial charge in [-0.05, 0) is 38.5 Å². The average Bonchev–Trinajstić information content (AvgIpc) is 3.01. The topological polar surface area (TPSA) is 60.9 Å². The fourth-order valence-electron chi connectivity index (χ4n) is 4.35. The van der Waals surface area contributed by atoms with Gasteiger partial charge in [0.25, 0.3) is 0 Å². The minimum absolute atomic E-state index is 0.0793. The van der Waals surface area contributed by atoms with E-state index in [-0.39, 0.29) is 12.1 Å². The lowest BCUT2D eigenvalue weighted by Gasteiger charge is -2.35. The predicted molar refractivity (Wildman–Crippen MR) is 74.4 cm³/mol. The third-order valence-corrected chi connectivity index (χ3v) is 5.57. The number of carbonyl (C=O) groups is 2. The highest BCUT2D eigenvalue weighted by Gasteiger charge is 2.44. The molecule has 20 heavy (non-hydrogen) atoms. The van der Waals surface area contributed by atoms with Crippen LogP contribution in [0.3, 0.4) is 0 Å². The number of urea groups is 1. The molecule has 112 valence electrons. The smallest absolute Gasteiger partial charge is 0.320 e. The Bertz CT molecular complexity index is 412. The van der Waals surface area contributed by atoms with Crippen molar-refractivity contribution >= 4 is 12.0 Å². The van der Waals surface area contributed by atoms with Gasteiger partial charge in [-0.25, -0.2) is 4.79 Å². The highest BCUT2D eigenvalue weighted by molar-refractivity contribution is 5.78. The van der Waals surface area contributed by atoms with E-state index in [9.17, 15) is 14.7 Å². The molecule has 0 radical (unpaired) electrons. The van der Waals surface area contributed by atoms with Crippen LogP contribution in [0.5, 0.6) is 0 Å². The number of fused-ring (bicyclic) bond motifs is 1. The number of rotatable bonds is 1. The molecule has 0 spiro atoms. The van der Waals surface area contributed by atoms with Gasteiger partial charge in [-0.15, -0.1) is 0 Å². The molecule has 1 N–H and O–H groups in total. The summed E-state index contributed by atoms with van der Waals surface area (Å²) < 4.78 is 0. The molecule has 4 atom stereocenters. The fraction of sp³-hybridized carbons (Fsp3) is 0.867. The van der Waals surface area contributed by atoms with E-state index in [0.717, 1.165) is 19.4 Å². The maximum Gasteiger partial charge on any atom is 0.320 e. The van der Waals surface area contributed by atoms with E-state index in [1.165, 1.54) is 19.3 Å². The van der Waals surface area contributed by atoms with Crippen LogP contribution in [0.25, 0.3) is 0 Å². The molecular weight excluding hydrogens is 256 g/mol. The molecule has 4 unspecified atom stereocenters. The Balaban J connectivity index is 1.69. The number of carbonyl (C=O) groups excluding carboxylic acids is 1. The van der Waals surface area contributed by atoms with E-state index < -0.39 is 11.9 Å². The lowest BCUT2D eigenvalue weighted by atomic mass is 9.85. The zero-order valence-electron chi connectivity index (χ0n) is 12.1. The van der Waals surface area contributed by atoms with Crippen LogP contribution in [0, 0.1) is 11.8 Å². The lowest BCUT2D eigenvalue weighted by Crippen LogP contribution is -2.49. The molecule has 0 aromatic carbocycles. The van der Waals surface area contributed by atoms with Gasteiger partial charge in [-0.3, -0.25) is 4.79 Å². The van der Waals surface area contributed by atoms with Gasteiger partial charge in [0.1, 0.15) is 0 Å². The summed E-state index contributed by atoms with van der Waals surface area (Å²) in [5.74, 6) is -0.491. The quantitative estimate of drug-likeness (QED) is 0.800. The summed E-state index contributed by atoms with van der Waals surface area (Å²) in [5, 5.41) is 9.18. The summed E-state index contributed by atoms with van der Waals surface area (Å²) in [4.78, 5) is 27.7. The Labute approximate surface area is 119 Å². The molecule has 2 heterocycles. The second kappa shape index (κ2) is 5.26. The van der Waals surface area contributed by atoms with Gasteiger partial charge in [-0.2, -0.15) is 0 Å². The lowest BCUT2D eigenvalue weighted by molar-refractivity contribution is -0.142. The Morgan fingerprint density at radius 1 is 1.00 bits per heavy atom. The zero-order valence-corrected chi connectivity index (χ0v) is 12.1. The van der Waals surface area contributed by atoms with E-state index in [4.69, 9.17) is 0 Å². The van der Waals surface area contributed by atoms with Crippen molar-refractivity contribution in [1.82, 2.24) is 9.80 Å². The van der Waals surface area contributed by atoms with Crippen molar-refractivity contribution in [3.63, 3.8) is 0 Å². The SMILES string of the molecule is CC1C(C(=O)O)CCN1C(=O)N1CCC2CCCCC21. The Morgan fingerprint density at radius 2 is 1.70 bits per heavy atom. The molecule has 2 aliphatic heterocycles. The van der Waals surface area contributed by atoms with Crippen LogP contribution >= 0.6 is 0 Å². The summed E-state index contributed by atoms with van der Waals surface area (Å²) >= 11 is 0. The van der Waals surface area contributed by atoms with Crippen LogP contribution < -0.4 is 0 Å². The number of nitrogens with zero attached hydrogens (tertiary/aromatic N) is 2. The third kappa shape index (κ3) is 2.17. The molecule has 3 rings (SSSR count). The molecule has 3 fully saturated rings. The molecule has 2 saturated heterocycles. The summed E-state index contributed by atoms with van der Waals surface area (Å²) in [6.45, 7) is 3.32. The standard InChI is InChI=1S/C15H24N2O3/c1-10-12(14(18)19)7-9-16(10)15(20)17-8-6-11-4-2-3-5-13(11)17/h10-13H,2-9H2,1H3,(H,18,19). The van der Waals surface area contributed by atoms with Crippen molar-refractivity contribution in [3.8, 4) is 0 Å². The summed E-state index contributed by atoms with van der Waals surface area (Å²) in [7, 11) is 0. The molecule has 1 aliphatic carbocycles. The average molecular weight is 280 g/mol. The van der Waals surface area contributed by atoms with Gasteiger partial charge in [0.2, 0.25) is 0 Å². The van der Waals surface area contributed by atoms with Crippen LogP contribution in [-0.4, -0.2) is 52.1 Å². The van der Waals surface area contributed by atoms with Crippen molar-refractivity contribution in [2.75, 3.05) is 13.1 Å². The first kappa shape index (κ1) is 13.7. The van der Waals surface area contributed by atoms with Crippen LogP contribution in [0.4, 0.5) is 4.79 Å². The second-order valence-electron chi connectivity index (χ2n) is 6.54. The first-order chi connectivity index (χ1) is 9.59. The fourth-order valence-corrected chi connectivity index (χ4v) is 4.35. The van der Waals surface area contributed by atoms with E-state index in [0.29, 0.717) is 24.9 Å². The number of aliphatic carboxylic acids is 1. The normalized spacial score (nSPS) is 37.0. The molecule has 5 nitrogen and oxygen atoms in total. The van der Waals surface area contributed by atoms with Gasteiger partial charge in [0.05, 0.1) is 5.92 Å². The monoisotopic (exact) mass is 280 g/mol. The molecular formula is C15H24N2O3. The Hall–Kier alpha value is -1.26. The van der Waals surface area contributed by atoms with Gasteiger partial charge >= 0.3 is 12.0 Å². The number of hydrogen-bond donors (Lipinski definition) is 1. The molecule has 1 saturated carbocycles. The first-order valence-corrected chi connectivity index (χ1v) is 7.89. The van der Waals surface area contributed by atoms with Gasteiger partial charge < -0.3 is 14.9 Å². The molecule has 0 aromatic heterocycles. The highest BCUT2D eigenvalue weighted by atomic mass is 16.4. The van der Waals surface area contributed by atoms with Crippen molar-refractivity contribution in [2.24, 2.45) is 11.8 Å². The molecule has 0 aromatic rings. The van der Waals surface area contributed by atoms with Crippen molar-refractivity contribution in [1.29, 1.82) is 0 Å². The predicted octanol–water partition coefficient (Wildman–Crippen LogP) is 2.17. The minimum atomic E-state index is -0.773. The van der Waals surface area contributed by atoms with E-state index in [1.54, 1.807) is 4.90 Å². The molecule has 0 bridgehead atoms. The summed E-state index contributed by atoms with van der Waals surface area (Å²) in [6, 6.07) is 0.311. The second-order valence-corrected chi connectivity index (χ2v) is 6.54. The van der Waals surface area contributed by atoms with Crippen LogP contribution in [0.1, 0.15) is 45.4 Å². The Morgan fingerprint density at radius 3 is 2.40 bits per heavy atom. The minimum Gasteiger partial charge on any atom is -0.481 e. The molecule has 2 amide bonds. The van der Waals surface area contributed by atoms with E-state index >= 15 is 0 Å². The van der Waals surface area contributed by atoms with Gasteiger partial charge in [0.15, 0.2) is 0 Å². The van der Waals surface area contributed by atoms with Crippen LogP contribution in [0.2, 0.25) is 0 Å². The summed E-state index contributed by atoms with van der Waals surface area (Å²) in [5.41, 5.74) is 0. The van der Waals surface area contributed by atoms with E-state index in [2.05, 4.69) is 0 Å². The Kier molecular flexibility index (Phi) is 3.61. The zero-order chi connectivity index (χ0) is 14.3. The molecule has 3 aliphatic rings. The highest BCUT2D eigenvalue weighted by Crippen LogP contribution is 2.37. The van der Waals surface area contributed by atoms with Gasteiger partial charge in [0, 0.05) is 25.2 Å². The number of amides is 2. The largest absolute Gasteiger partial charge is 0.481 e. The van der Waals surface area contributed by atoms with Crippen molar-refractivity contribution < 1.29 is 14.7 Å². The van der Waals surface area contributed by atoms with E-state index in [1.807, 2.05) is 11.8 Å². The van der Waals surface area contributed by atoms with Crippen molar-refractivity contribution in [2.45, 2.75) is 57.5 Å². The van der Waals surface area contributed by atoms with Crippen molar-refractivity contribution in [3.05, 3.63) is 0 Å². The first-order valence-electron chi connectivity index (χ1n) is 7.89. The maximum absolute atomic E-state index is 12.7. The van der Waals surface area contributed by atoms with Crippen LogP contribution in [-0.2, 0) is 4.79 Å². The summed E-state index contributed by atoms with van der Waals surface area (Å²) in [6.07, 6.45) is 6.61. The number of hydrogen-bond acceptors (Lipinski definition) is 2. The number of carboxylic acid groups (broad SMARTS) is 1.